The zero-order valence-electron chi connectivity index (χ0n) is 10.1. The van der Waals surface area contributed by atoms with Crippen LogP contribution < -0.4 is 5.32 Å². The number of methoxy groups -OCH3 is 1. The van der Waals surface area contributed by atoms with Crippen molar-refractivity contribution in [3.63, 3.8) is 0 Å². The van der Waals surface area contributed by atoms with E-state index in [0.29, 0.717) is 0 Å². The molecule has 1 saturated carbocycles. The first-order valence-corrected chi connectivity index (χ1v) is 5.65. The minimum Gasteiger partial charge on any atom is -0.382 e. The van der Waals surface area contributed by atoms with Crippen LogP contribution in [-0.2, 0) is 9.47 Å². The van der Waals surface area contributed by atoms with Gasteiger partial charge < -0.3 is 14.8 Å². The molecule has 1 aliphatic rings. The van der Waals surface area contributed by atoms with Gasteiger partial charge in [0, 0.05) is 19.7 Å². The van der Waals surface area contributed by atoms with Crippen LogP contribution in [0.15, 0.2) is 0 Å². The molecule has 0 amide bonds. The second-order valence-corrected chi connectivity index (χ2v) is 4.36. The average Bonchev–Trinajstić information content (AvgIpc) is 3.02. The number of rotatable bonds is 7. The Bertz CT molecular complexity index is 262. The maximum Gasteiger partial charge on any atom is 0.423 e. The molecule has 0 bridgehead atoms. The van der Waals surface area contributed by atoms with Crippen molar-refractivity contribution in [1.29, 1.82) is 0 Å². The van der Waals surface area contributed by atoms with E-state index in [1.807, 2.05) is 0 Å². The zero-order chi connectivity index (χ0) is 14.7. The minimum atomic E-state index is -5.50. The van der Waals surface area contributed by atoms with Gasteiger partial charge in [0.1, 0.15) is 0 Å². The summed E-state index contributed by atoms with van der Waals surface area (Å²) >= 11 is 0. The van der Waals surface area contributed by atoms with Crippen LogP contribution in [0, 0.1) is 0 Å². The van der Waals surface area contributed by atoms with Gasteiger partial charge in [-0.05, 0) is 12.8 Å². The quantitative estimate of drug-likeness (QED) is 0.731. The third-order valence-electron chi connectivity index (χ3n) is 2.49. The number of hydrogen-bond donors (Lipinski definition) is 1. The van der Waals surface area contributed by atoms with Gasteiger partial charge in [-0.25, -0.2) is 0 Å². The summed E-state index contributed by atoms with van der Waals surface area (Å²) in [4.78, 5) is 0. The summed E-state index contributed by atoms with van der Waals surface area (Å²) in [5, 5.41) is 2.81. The van der Waals surface area contributed by atoms with E-state index in [9.17, 15) is 26.3 Å². The van der Waals surface area contributed by atoms with Gasteiger partial charge in [0.05, 0.1) is 12.7 Å². The van der Waals surface area contributed by atoms with E-state index in [1.54, 1.807) is 0 Å². The lowest BCUT2D eigenvalue weighted by Crippen LogP contribution is -2.49. The van der Waals surface area contributed by atoms with E-state index in [0.717, 1.165) is 12.8 Å². The Labute approximate surface area is 106 Å². The molecule has 0 spiro atoms. The molecule has 1 atom stereocenters. The van der Waals surface area contributed by atoms with Crippen molar-refractivity contribution in [1.82, 2.24) is 5.32 Å². The zero-order valence-corrected chi connectivity index (χ0v) is 10.1. The Morgan fingerprint density at radius 3 is 2.00 bits per heavy atom. The van der Waals surface area contributed by atoms with E-state index in [2.05, 4.69) is 14.8 Å². The van der Waals surface area contributed by atoms with Crippen LogP contribution in [0.3, 0.4) is 0 Å². The van der Waals surface area contributed by atoms with Crippen molar-refractivity contribution < 1.29 is 35.8 Å². The van der Waals surface area contributed by atoms with Gasteiger partial charge in [0.2, 0.25) is 6.10 Å². The molecule has 1 unspecified atom stereocenters. The van der Waals surface area contributed by atoms with Gasteiger partial charge in [-0.2, -0.15) is 26.3 Å². The smallest absolute Gasteiger partial charge is 0.382 e. The Morgan fingerprint density at radius 2 is 1.63 bits per heavy atom. The molecule has 3 nitrogen and oxygen atoms in total. The molecule has 19 heavy (non-hydrogen) atoms. The predicted molar refractivity (Wildman–Crippen MR) is 53.7 cm³/mol. The summed E-state index contributed by atoms with van der Waals surface area (Å²) in [6.07, 6.45) is -14.4. The largest absolute Gasteiger partial charge is 0.423 e. The molecule has 0 heterocycles. The molecular formula is C10H15F6NO2. The fraction of sp³-hybridized carbons (Fsp3) is 1.00. The third kappa shape index (κ3) is 5.96. The molecule has 9 heteroatoms. The van der Waals surface area contributed by atoms with Crippen molar-refractivity contribution >= 4 is 0 Å². The SMILES string of the molecule is COCC(CNC1CC1)OC(C(F)(F)F)C(F)(F)F. The number of halogens is 6. The first-order chi connectivity index (χ1) is 8.64. The van der Waals surface area contributed by atoms with Gasteiger partial charge in [0.25, 0.3) is 0 Å². The highest BCUT2D eigenvalue weighted by Gasteiger charge is 2.58. The normalized spacial score (nSPS) is 18.9. The fourth-order valence-corrected chi connectivity index (χ4v) is 1.45. The molecular weight excluding hydrogens is 280 g/mol. The van der Waals surface area contributed by atoms with E-state index >= 15 is 0 Å². The molecule has 0 aromatic heterocycles. The van der Waals surface area contributed by atoms with Crippen LogP contribution in [0.2, 0.25) is 0 Å². The molecule has 0 aromatic carbocycles. The predicted octanol–water partition coefficient (Wildman–Crippen LogP) is 2.26. The van der Waals surface area contributed by atoms with Crippen LogP contribution in [0.25, 0.3) is 0 Å². The molecule has 0 aromatic rings. The highest BCUT2D eigenvalue weighted by Crippen LogP contribution is 2.36. The highest BCUT2D eigenvalue weighted by molar-refractivity contribution is 4.83. The summed E-state index contributed by atoms with van der Waals surface area (Å²) in [6, 6.07) is 0.151. The van der Waals surface area contributed by atoms with Gasteiger partial charge >= 0.3 is 12.4 Å². The van der Waals surface area contributed by atoms with Crippen molar-refractivity contribution in [3.05, 3.63) is 0 Å². The van der Waals surface area contributed by atoms with E-state index < -0.39 is 24.6 Å². The second-order valence-electron chi connectivity index (χ2n) is 4.36. The van der Waals surface area contributed by atoms with Gasteiger partial charge in [-0.15, -0.1) is 0 Å². The summed E-state index contributed by atoms with van der Waals surface area (Å²) in [5.74, 6) is 0. The topological polar surface area (TPSA) is 30.5 Å². The van der Waals surface area contributed by atoms with Gasteiger partial charge in [-0.1, -0.05) is 0 Å². The van der Waals surface area contributed by atoms with Crippen molar-refractivity contribution in [2.45, 2.75) is 43.4 Å². The number of ether oxygens (including phenoxy) is 2. The molecule has 0 radical (unpaired) electrons. The Hall–Kier alpha value is -0.540. The monoisotopic (exact) mass is 295 g/mol. The average molecular weight is 295 g/mol. The van der Waals surface area contributed by atoms with Crippen LogP contribution in [0.5, 0.6) is 0 Å². The molecule has 1 fully saturated rings. The maximum atomic E-state index is 12.3. The number of nitrogens with one attached hydrogen (secondary N) is 1. The highest BCUT2D eigenvalue weighted by atomic mass is 19.4. The summed E-state index contributed by atoms with van der Waals surface area (Å²) in [6.45, 7) is -0.455. The van der Waals surface area contributed by atoms with Crippen molar-refractivity contribution in [2.24, 2.45) is 0 Å². The van der Waals surface area contributed by atoms with Gasteiger partial charge in [0.15, 0.2) is 0 Å². The first kappa shape index (κ1) is 16.5. The Kier molecular flexibility index (Phi) is 5.45. The maximum absolute atomic E-state index is 12.3. The van der Waals surface area contributed by atoms with Crippen molar-refractivity contribution in [2.75, 3.05) is 20.3 Å². The Balaban J connectivity index is 2.60. The second kappa shape index (κ2) is 6.27. The van der Waals surface area contributed by atoms with Crippen LogP contribution in [0.1, 0.15) is 12.8 Å². The van der Waals surface area contributed by atoms with E-state index in [4.69, 9.17) is 0 Å². The van der Waals surface area contributed by atoms with Crippen molar-refractivity contribution in [3.8, 4) is 0 Å². The molecule has 0 aliphatic heterocycles. The van der Waals surface area contributed by atoms with Crippen LogP contribution in [0.4, 0.5) is 26.3 Å². The number of hydrogen-bond acceptors (Lipinski definition) is 3. The third-order valence-corrected chi connectivity index (χ3v) is 2.49. The lowest BCUT2D eigenvalue weighted by molar-refractivity contribution is -0.332. The summed E-state index contributed by atoms with van der Waals surface area (Å²) < 4.78 is 82.7. The summed E-state index contributed by atoms with van der Waals surface area (Å²) in [5.41, 5.74) is 0. The minimum absolute atomic E-state index is 0.110. The van der Waals surface area contributed by atoms with Crippen LogP contribution in [-0.4, -0.2) is 50.9 Å². The standard InChI is InChI=1S/C10H15F6NO2/c1-18-5-7(4-17-6-2-3-6)19-8(9(11,12)13)10(14,15)16/h6-8,17H,2-5H2,1H3. The molecule has 1 N–H and O–H groups in total. The number of alkyl halides is 6. The first-order valence-electron chi connectivity index (χ1n) is 5.65. The van der Waals surface area contributed by atoms with E-state index in [1.165, 1.54) is 7.11 Å². The lowest BCUT2D eigenvalue weighted by atomic mass is 10.3. The molecule has 1 rings (SSSR count). The molecule has 114 valence electrons. The molecule has 0 saturated heterocycles. The fourth-order valence-electron chi connectivity index (χ4n) is 1.45. The molecule has 1 aliphatic carbocycles. The van der Waals surface area contributed by atoms with Gasteiger partial charge in [-0.3, -0.25) is 0 Å². The Morgan fingerprint density at radius 1 is 1.11 bits per heavy atom. The van der Waals surface area contributed by atoms with E-state index in [-0.39, 0.29) is 19.2 Å². The van der Waals surface area contributed by atoms with Crippen LogP contribution >= 0.6 is 0 Å². The lowest BCUT2D eigenvalue weighted by Gasteiger charge is -2.28. The summed E-state index contributed by atoms with van der Waals surface area (Å²) in [7, 11) is 1.18.